The molecule has 2 aromatic rings. The van der Waals surface area contributed by atoms with Crippen LogP contribution in [0.3, 0.4) is 0 Å². The fourth-order valence-corrected chi connectivity index (χ4v) is 4.37. The van der Waals surface area contributed by atoms with E-state index in [4.69, 9.17) is 18.5 Å². The molecule has 1 N–H and O–H groups in total. The Balaban J connectivity index is 1.82. The van der Waals surface area contributed by atoms with Gasteiger partial charge in [-0.1, -0.05) is 6.92 Å². The van der Waals surface area contributed by atoms with Gasteiger partial charge in [-0.3, -0.25) is 9.51 Å². The third-order valence-corrected chi connectivity index (χ3v) is 5.99. The lowest BCUT2D eigenvalue weighted by Gasteiger charge is -2.27. The van der Waals surface area contributed by atoms with Gasteiger partial charge in [0.2, 0.25) is 6.79 Å². The van der Waals surface area contributed by atoms with Crippen molar-refractivity contribution in [2.75, 3.05) is 18.7 Å². The van der Waals surface area contributed by atoms with E-state index in [1.54, 1.807) is 43.6 Å². The summed E-state index contributed by atoms with van der Waals surface area (Å²) in [7, 11) is -3.48. The molecular formula is C17H21N2O5P. The lowest BCUT2D eigenvalue weighted by Crippen LogP contribution is -2.23. The average Bonchev–Trinajstić information content (AvgIpc) is 3.08. The van der Waals surface area contributed by atoms with Crippen LogP contribution in [0.2, 0.25) is 0 Å². The molecule has 1 aromatic heterocycles. The molecule has 0 aliphatic carbocycles. The van der Waals surface area contributed by atoms with Crippen LogP contribution in [0, 0.1) is 0 Å². The number of hydrogen-bond donors (Lipinski definition) is 1. The Morgan fingerprint density at radius 2 is 2.12 bits per heavy atom. The summed E-state index contributed by atoms with van der Waals surface area (Å²) >= 11 is 0. The molecule has 0 spiro atoms. The molecule has 0 radical (unpaired) electrons. The Morgan fingerprint density at radius 3 is 2.84 bits per heavy atom. The van der Waals surface area contributed by atoms with Gasteiger partial charge in [-0.25, -0.2) is 4.57 Å². The van der Waals surface area contributed by atoms with E-state index in [-0.39, 0.29) is 13.4 Å². The Morgan fingerprint density at radius 1 is 1.28 bits per heavy atom. The van der Waals surface area contributed by atoms with Crippen LogP contribution in [0.1, 0.15) is 20.3 Å². The van der Waals surface area contributed by atoms with Gasteiger partial charge in [0.25, 0.3) is 0 Å². The summed E-state index contributed by atoms with van der Waals surface area (Å²) in [6.07, 6.45) is 3.90. The molecule has 25 heavy (non-hydrogen) atoms. The third kappa shape index (κ3) is 4.06. The van der Waals surface area contributed by atoms with Crippen molar-refractivity contribution in [3.05, 3.63) is 42.7 Å². The number of nitrogens with one attached hydrogen (secondary N) is 1. The minimum Gasteiger partial charge on any atom is -0.454 e. The Labute approximate surface area is 146 Å². The summed E-state index contributed by atoms with van der Waals surface area (Å²) in [5, 5.41) is 3.20. The minimum absolute atomic E-state index is 0.169. The molecular weight excluding hydrogens is 343 g/mol. The van der Waals surface area contributed by atoms with Gasteiger partial charge in [-0.15, -0.1) is 0 Å². The van der Waals surface area contributed by atoms with Crippen LogP contribution in [-0.4, -0.2) is 24.2 Å². The highest BCUT2D eigenvalue weighted by atomic mass is 31.2. The van der Waals surface area contributed by atoms with Gasteiger partial charge in [0.05, 0.1) is 12.3 Å². The molecule has 3 rings (SSSR count). The lowest BCUT2D eigenvalue weighted by atomic mass is 10.3. The highest BCUT2D eigenvalue weighted by Crippen LogP contribution is 2.54. The van der Waals surface area contributed by atoms with Crippen molar-refractivity contribution < 1.29 is 23.1 Å². The first-order valence-corrected chi connectivity index (χ1v) is 9.76. The van der Waals surface area contributed by atoms with Crippen molar-refractivity contribution in [1.82, 2.24) is 4.98 Å². The Hall–Kier alpha value is -2.24. The number of anilines is 1. The van der Waals surface area contributed by atoms with Crippen molar-refractivity contribution in [2.45, 2.75) is 26.1 Å². The second-order valence-corrected chi connectivity index (χ2v) is 7.52. The summed E-state index contributed by atoms with van der Waals surface area (Å²) in [4.78, 5) is 4.06. The molecule has 1 aliphatic rings. The van der Waals surface area contributed by atoms with E-state index >= 15 is 0 Å². The summed E-state index contributed by atoms with van der Waals surface area (Å²) in [6.45, 7) is 4.14. The molecule has 8 heteroatoms. The maximum absolute atomic E-state index is 13.4. The molecule has 0 saturated carbocycles. The zero-order valence-electron chi connectivity index (χ0n) is 14.2. The molecule has 0 fully saturated rings. The van der Waals surface area contributed by atoms with Gasteiger partial charge in [-0.05, 0) is 37.6 Å². The number of rotatable bonds is 8. The van der Waals surface area contributed by atoms with E-state index in [0.29, 0.717) is 23.7 Å². The summed E-state index contributed by atoms with van der Waals surface area (Å²) in [5.41, 5.74) is 0.753. The van der Waals surface area contributed by atoms with Gasteiger partial charge in [0.15, 0.2) is 11.5 Å². The fourth-order valence-electron chi connectivity index (χ4n) is 2.49. The van der Waals surface area contributed by atoms with E-state index in [0.717, 1.165) is 5.69 Å². The van der Waals surface area contributed by atoms with Crippen molar-refractivity contribution in [2.24, 2.45) is 0 Å². The van der Waals surface area contributed by atoms with E-state index in [1.807, 2.05) is 13.0 Å². The number of hydrogen-bond acceptors (Lipinski definition) is 7. The predicted molar refractivity (Wildman–Crippen MR) is 94.4 cm³/mol. The standard InChI is InChI=1S/C17H21N2O5P/c1-3-17(19-13-6-5-9-18-11-13)25(20,23-4-2)24-14-7-8-15-16(10-14)22-12-21-15/h5-11,17,19H,3-4,12H2,1-2H3. The smallest absolute Gasteiger partial charge is 0.401 e. The third-order valence-electron chi connectivity index (χ3n) is 3.65. The zero-order chi connectivity index (χ0) is 17.7. The van der Waals surface area contributed by atoms with E-state index in [9.17, 15) is 4.57 Å². The van der Waals surface area contributed by atoms with Crippen LogP contribution in [0.15, 0.2) is 42.7 Å². The Bertz CT molecular complexity index is 756. The molecule has 1 aliphatic heterocycles. The normalized spacial score (nSPS) is 16.1. The molecule has 134 valence electrons. The zero-order valence-corrected chi connectivity index (χ0v) is 15.1. The van der Waals surface area contributed by atoms with Crippen LogP contribution >= 0.6 is 7.60 Å². The second kappa shape index (κ2) is 7.76. The van der Waals surface area contributed by atoms with Gasteiger partial charge in [0, 0.05) is 18.5 Å². The first kappa shape index (κ1) is 17.6. The van der Waals surface area contributed by atoms with Gasteiger partial charge in [-0.2, -0.15) is 0 Å². The number of benzene rings is 1. The first-order chi connectivity index (χ1) is 12.1. The molecule has 2 atom stereocenters. The highest BCUT2D eigenvalue weighted by Gasteiger charge is 2.36. The monoisotopic (exact) mass is 364 g/mol. The summed E-state index contributed by atoms with van der Waals surface area (Å²) in [5.74, 6) is 1.10. The van der Waals surface area contributed by atoms with E-state index < -0.39 is 13.4 Å². The number of pyridine rings is 1. The number of aromatic nitrogens is 1. The van der Waals surface area contributed by atoms with Gasteiger partial charge < -0.3 is 19.3 Å². The van der Waals surface area contributed by atoms with E-state index in [1.165, 1.54) is 0 Å². The topological polar surface area (TPSA) is 78.9 Å². The van der Waals surface area contributed by atoms with Gasteiger partial charge in [0.1, 0.15) is 11.5 Å². The van der Waals surface area contributed by atoms with Crippen molar-refractivity contribution >= 4 is 13.3 Å². The van der Waals surface area contributed by atoms with E-state index in [2.05, 4.69) is 10.3 Å². The van der Waals surface area contributed by atoms with Crippen LogP contribution < -0.4 is 19.3 Å². The van der Waals surface area contributed by atoms with Crippen LogP contribution in [0.25, 0.3) is 0 Å². The maximum Gasteiger partial charge on any atom is 0.401 e. The number of ether oxygens (including phenoxy) is 2. The quantitative estimate of drug-likeness (QED) is 0.701. The van der Waals surface area contributed by atoms with Crippen molar-refractivity contribution in [3.63, 3.8) is 0 Å². The van der Waals surface area contributed by atoms with Crippen molar-refractivity contribution in [1.29, 1.82) is 0 Å². The van der Waals surface area contributed by atoms with Crippen LogP contribution in [-0.2, 0) is 9.09 Å². The molecule has 2 heterocycles. The highest BCUT2D eigenvalue weighted by molar-refractivity contribution is 7.55. The second-order valence-electron chi connectivity index (χ2n) is 5.37. The largest absolute Gasteiger partial charge is 0.454 e. The van der Waals surface area contributed by atoms with Crippen LogP contribution in [0.4, 0.5) is 5.69 Å². The maximum atomic E-state index is 13.4. The molecule has 2 unspecified atom stereocenters. The Kier molecular flexibility index (Phi) is 5.46. The summed E-state index contributed by atoms with van der Waals surface area (Å²) < 4.78 is 35.4. The lowest BCUT2D eigenvalue weighted by molar-refractivity contribution is 0.174. The summed E-state index contributed by atoms with van der Waals surface area (Å²) in [6, 6.07) is 8.73. The fraction of sp³-hybridized carbons (Fsp3) is 0.353. The minimum atomic E-state index is -3.48. The predicted octanol–water partition coefficient (Wildman–Crippen LogP) is 4.27. The number of fused-ring (bicyclic) bond motifs is 1. The molecule has 7 nitrogen and oxygen atoms in total. The SMILES string of the molecule is CCOP(=O)(Oc1ccc2c(c1)OCO2)C(CC)Nc1cccnc1. The number of nitrogens with zero attached hydrogens (tertiary/aromatic N) is 1. The molecule has 0 saturated heterocycles. The average molecular weight is 364 g/mol. The molecule has 0 amide bonds. The van der Waals surface area contributed by atoms with Crippen molar-refractivity contribution in [3.8, 4) is 17.2 Å². The molecule has 0 bridgehead atoms. The molecule has 1 aromatic carbocycles. The van der Waals surface area contributed by atoms with Gasteiger partial charge >= 0.3 is 7.60 Å². The van der Waals surface area contributed by atoms with Crippen LogP contribution in [0.5, 0.6) is 17.2 Å². The first-order valence-electron chi connectivity index (χ1n) is 8.14.